The molecule has 5 N–H and O–H groups in total. The second kappa shape index (κ2) is 17.7. The lowest BCUT2D eigenvalue weighted by atomic mass is 9.84. The molecule has 1 saturated carbocycles. The Balaban J connectivity index is 1.63. The van der Waals surface area contributed by atoms with E-state index in [1.807, 2.05) is 0 Å². The molecule has 15 nitrogen and oxygen atoms in total. The summed E-state index contributed by atoms with van der Waals surface area (Å²) in [5, 5.41) is 8.42. The summed E-state index contributed by atoms with van der Waals surface area (Å²) in [7, 11) is -8.77. The fourth-order valence-corrected chi connectivity index (χ4v) is 9.67. The maximum absolute atomic E-state index is 16.3. The van der Waals surface area contributed by atoms with Crippen LogP contribution in [0.2, 0.25) is 5.02 Å². The number of pyridine rings is 1. The number of sulfonamides is 1. The first-order valence-electron chi connectivity index (χ1n) is 20.5. The van der Waals surface area contributed by atoms with E-state index in [9.17, 15) is 61.5 Å². The Morgan fingerprint density at radius 1 is 0.986 bits per heavy atom. The minimum Gasteiger partial charge on any atom is -0.368 e. The van der Waals surface area contributed by atoms with Gasteiger partial charge in [-0.3, -0.25) is 9.48 Å². The van der Waals surface area contributed by atoms with E-state index >= 15 is 8.78 Å². The van der Waals surface area contributed by atoms with Crippen LogP contribution in [0.1, 0.15) is 72.0 Å². The molecule has 70 heavy (non-hydrogen) atoms. The molecule has 376 valence electrons. The molecule has 3 aromatic heterocycles. The largest absolute Gasteiger partial charge is 0.435 e. The van der Waals surface area contributed by atoms with Gasteiger partial charge in [0.1, 0.15) is 40.4 Å². The summed E-state index contributed by atoms with van der Waals surface area (Å²) in [6.07, 6.45) is -10.5. The summed E-state index contributed by atoms with van der Waals surface area (Å²) in [6.45, 7) is -0.191. The van der Waals surface area contributed by atoms with Gasteiger partial charge in [0, 0.05) is 53.9 Å². The van der Waals surface area contributed by atoms with E-state index in [-0.39, 0.29) is 33.2 Å². The van der Waals surface area contributed by atoms with Crippen LogP contribution in [-0.2, 0) is 49.7 Å². The maximum Gasteiger partial charge on any atom is 0.435 e. The van der Waals surface area contributed by atoms with Crippen LogP contribution in [0.25, 0.3) is 22.0 Å². The van der Waals surface area contributed by atoms with Gasteiger partial charge in [-0.2, -0.15) is 49.6 Å². The third kappa shape index (κ3) is 9.73. The number of nitrogens with one attached hydrogen (secondary N) is 1. The van der Waals surface area contributed by atoms with E-state index in [1.54, 1.807) is 0 Å². The van der Waals surface area contributed by atoms with E-state index in [0.29, 0.717) is 24.5 Å². The van der Waals surface area contributed by atoms with Crippen molar-refractivity contribution in [2.24, 2.45) is 17.4 Å². The summed E-state index contributed by atoms with van der Waals surface area (Å²) >= 11 is 6.60. The number of amides is 3. The number of aromatic nitrogens is 5. The first-order valence-corrected chi connectivity index (χ1v) is 24.6. The summed E-state index contributed by atoms with van der Waals surface area (Å²) in [4.78, 5) is 31.9. The molecular formula is C42H38ClF10N9O6S2. The fraction of sp³-hybridized carbons (Fsp3) is 0.405. The molecule has 1 fully saturated rings. The normalized spacial score (nSPS) is 17.6. The van der Waals surface area contributed by atoms with Crippen LogP contribution in [0.5, 0.6) is 0 Å². The molecule has 7 rings (SSSR count). The fourth-order valence-electron chi connectivity index (χ4n) is 8.38. The highest BCUT2D eigenvalue weighted by Crippen LogP contribution is 2.69. The van der Waals surface area contributed by atoms with Crippen LogP contribution in [0, 0.1) is 29.4 Å². The monoisotopic (exact) mass is 1050 g/mol. The molecule has 5 aromatic rings. The minimum atomic E-state index is -5.40. The van der Waals surface area contributed by atoms with Crippen molar-refractivity contribution in [1.29, 1.82) is 0 Å². The lowest BCUT2D eigenvalue weighted by Gasteiger charge is -2.29. The average Bonchev–Trinajstić information content (AvgIpc) is 3.71. The molecule has 0 bridgehead atoms. The number of fused-ring (bicyclic) bond motifs is 4. The van der Waals surface area contributed by atoms with Crippen molar-refractivity contribution in [1.82, 2.24) is 29.9 Å². The number of anilines is 1. The average molecular weight is 1050 g/mol. The van der Waals surface area contributed by atoms with Crippen LogP contribution in [0.3, 0.4) is 0 Å². The van der Waals surface area contributed by atoms with Gasteiger partial charge in [-0.1, -0.05) is 23.6 Å². The van der Waals surface area contributed by atoms with E-state index in [0.717, 1.165) is 30.5 Å². The van der Waals surface area contributed by atoms with Gasteiger partial charge in [0.25, 0.3) is 5.92 Å². The van der Waals surface area contributed by atoms with Gasteiger partial charge in [-0.05, 0) is 74.4 Å². The van der Waals surface area contributed by atoms with Crippen molar-refractivity contribution in [3.8, 4) is 23.0 Å². The second-order valence-electron chi connectivity index (χ2n) is 17.2. The van der Waals surface area contributed by atoms with E-state index in [1.165, 1.54) is 13.8 Å². The molecule has 1 unspecified atom stereocenters. The molecule has 4 atom stereocenters. The van der Waals surface area contributed by atoms with Crippen molar-refractivity contribution in [2.45, 2.75) is 74.1 Å². The molecule has 2 aliphatic rings. The molecule has 0 saturated heterocycles. The standard InChI is InChI=1S/C42H38ClF10N9O6S2/c1-39(2,69(3,65)66)10-9-22-5-6-23(24-7-8-28(43)30-32(24)60(18-40(46,47)48)59-37(30)62(70(4,67)68)38(64)56-12-11-54)31(57-22)26(15-19-13-20(44)16-21(45)14-19)33(36(55)63)61-35-29(34(58-61)42(51,52)53)25-17-27(25)41(35,49)50/h5-8,13-14,16,25-27,33H,11-12,15,17-18,54H2,1-4H3,(H2,55,63)(H,56,64)/t25-,26+,27+,33?/m0/s1. The van der Waals surface area contributed by atoms with Crippen LogP contribution < -0.4 is 21.1 Å². The number of urea groups is 1. The molecule has 0 aliphatic heterocycles. The van der Waals surface area contributed by atoms with Crippen molar-refractivity contribution < 1.29 is 70.3 Å². The number of primary amides is 1. The quantitative estimate of drug-likeness (QED) is 0.0840. The van der Waals surface area contributed by atoms with Gasteiger partial charge in [0.05, 0.1) is 27.9 Å². The van der Waals surface area contributed by atoms with Gasteiger partial charge >= 0.3 is 18.4 Å². The predicted molar refractivity (Wildman–Crippen MR) is 233 cm³/mol. The second-order valence-corrected chi connectivity index (χ2v) is 22.0. The number of hydrogen-bond donors (Lipinski definition) is 3. The van der Waals surface area contributed by atoms with Crippen molar-refractivity contribution in [3.63, 3.8) is 0 Å². The predicted octanol–water partition coefficient (Wildman–Crippen LogP) is 6.68. The Bertz CT molecular complexity index is 3260. The van der Waals surface area contributed by atoms with E-state index in [2.05, 4.69) is 32.3 Å². The number of alkyl halides is 8. The van der Waals surface area contributed by atoms with Crippen molar-refractivity contribution in [2.75, 3.05) is 29.9 Å². The number of nitrogens with two attached hydrogens (primary N) is 2. The van der Waals surface area contributed by atoms with Crippen LogP contribution in [0.4, 0.5) is 54.5 Å². The summed E-state index contributed by atoms with van der Waals surface area (Å²) in [5.74, 6) is -9.32. The molecule has 0 radical (unpaired) electrons. The van der Waals surface area contributed by atoms with Crippen molar-refractivity contribution in [3.05, 3.63) is 93.0 Å². The molecule has 0 spiro atoms. The summed E-state index contributed by atoms with van der Waals surface area (Å²) in [6, 6.07) is 2.07. The zero-order chi connectivity index (χ0) is 52.0. The number of benzene rings is 2. The molecule has 3 heterocycles. The number of hydrogen-bond acceptors (Lipinski definition) is 10. The molecule has 2 aromatic carbocycles. The molecule has 28 heteroatoms. The van der Waals surface area contributed by atoms with Crippen LogP contribution in [0.15, 0.2) is 42.5 Å². The lowest BCUT2D eigenvalue weighted by Crippen LogP contribution is -2.45. The highest BCUT2D eigenvalue weighted by Gasteiger charge is 2.69. The number of carbonyl (C=O) groups excluding carboxylic acids is 2. The summed E-state index contributed by atoms with van der Waals surface area (Å²) < 4.78 is 201. The SMILES string of the molecule is CC(C)(C#Cc1ccc(-c2ccc(Cl)c3c(N(C(=O)NCCN)S(C)(=O)=O)nn(CC(F)(F)F)c23)c([C@@H](Cc2cc(F)cc(F)c2)C(C(N)=O)n2nc(C(F)(F)F)c3c2C(F)(F)[C@@H]2C[C@H]32)n1)S(C)(=O)=O. The number of nitrogens with zero attached hydrogens (tertiary/aromatic N) is 6. The maximum atomic E-state index is 16.3. The van der Waals surface area contributed by atoms with Gasteiger partial charge in [0.15, 0.2) is 21.3 Å². The highest BCUT2D eigenvalue weighted by atomic mass is 35.5. The Kier molecular flexibility index (Phi) is 13.1. The first kappa shape index (κ1) is 51.9. The Hall–Kier alpha value is -5.98. The topological polar surface area (TPSA) is 218 Å². The minimum absolute atomic E-state index is 0.000581. The zero-order valence-corrected chi connectivity index (χ0v) is 39.0. The van der Waals surface area contributed by atoms with E-state index in [4.69, 9.17) is 23.1 Å². The molecule has 3 amide bonds. The number of sulfone groups is 1. The van der Waals surface area contributed by atoms with Gasteiger partial charge in [-0.15, -0.1) is 0 Å². The first-order chi connectivity index (χ1) is 32.2. The number of carbonyl (C=O) groups is 2. The van der Waals surface area contributed by atoms with Gasteiger partial charge in [-0.25, -0.2) is 40.1 Å². The number of rotatable bonds is 13. The van der Waals surface area contributed by atoms with E-state index < -0.39 is 170 Å². The van der Waals surface area contributed by atoms with Crippen molar-refractivity contribution >= 4 is 60.1 Å². The third-order valence-electron chi connectivity index (χ3n) is 11.7. The molecule has 2 aliphatic carbocycles. The van der Waals surface area contributed by atoms with Crippen LogP contribution in [-0.4, -0.2) is 89.8 Å². The Morgan fingerprint density at radius 2 is 1.61 bits per heavy atom. The zero-order valence-electron chi connectivity index (χ0n) is 36.6. The Labute approximate surface area is 396 Å². The lowest BCUT2D eigenvalue weighted by molar-refractivity contribution is -0.143. The molecular weight excluding hydrogens is 1020 g/mol. The van der Waals surface area contributed by atoms with Gasteiger partial charge in [0.2, 0.25) is 15.9 Å². The van der Waals surface area contributed by atoms with Gasteiger partial charge < -0.3 is 16.8 Å². The number of halogens is 11. The summed E-state index contributed by atoms with van der Waals surface area (Å²) in [5.41, 5.74) is 4.21. The van der Waals surface area contributed by atoms with Crippen LogP contribution >= 0.6 is 11.6 Å². The smallest absolute Gasteiger partial charge is 0.368 e. The Morgan fingerprint density at radius 3 is 2.17 bits per heavy atom. The third-order valence-corrected chi connectivity index (χ3v) is 15.0. The highest BCUT2D eigenvalue weighted by molar-refractivity contribution is 7.93.